The lowest BCUT2D eigenvalue weighted by molar-refractivity contribution is -0.114. The zero-order valence-electron chi connectivity index (χ0n) is 14.8. The highest BCUT2D eigenvalue weighted by Crippen LogP contribution is 2.30. The van der Waals surface area contributed by atoms with Gasteiger partial charge in [-0.2, -0.15) is 0 Å². The molecule has 0 aliphatic heterocycles. The van der Waals surface area contributed by atoms with Crippen molar-refractivity contribution in [3.8, 4) is 5.75 Å². The zero-order valence-corrected chi connectivity index (χ0v) is 14.8. The Balaban J connectivity index is 1.95. The fourth-order valence-electron chi connectivity index (χ4n) is 2.65. The van der Waals surface area contributed by atoms with E-state index in [1.807, 2.05) is 0 Å². The molecule has 1 aromatic heterocycles. The quantitative estimate of drug-likeness (QED) is 0.716. The van der Waals surface area contributed by atoms with Crippen molar-refractivity contribution in [3.63, 3.8) is 0 Å². The number of carbonyl (C=O) groups is 2. The number of amides is 2. The third kappa shape index (κ3) is 3.59. The van der Waals surface area contributed by atoms with Crippen LogP contribution in [0.5, 0.6) is 5.75 Å². The summed E-state index contributed by atoms with van der Waals surface area (Å²) in [5.74, 6) is -2.58. The molecule has 0 fully saturated rings. The largest absolute Gasteiger partial charge is 0.497 e. The van der Waals surface area contributed by atoms with Crippen LogP contribution in [0.15, 0.2) is 34.7 Å². The topological polar surface area (TPSA) is 80.6 Å². The van der Waals surface area contributed by atoms with Crippen molar-refractivity contribution in [2.75, 3.05) is 17.7 Å². The third-order valence-corrected chi connectivity index (χ3v) is 3.97. The van der Waals surface area contributed by atoms with Gasteiger partial charge in [-0.3, -0.25) is 9.59 Å². The molecule has 8 heteroatoms. The Hall–Kier alpha value is -3.42. The van der Waals surface area contributed by atoms with Gasteiger partial charge in [-0.25, -0.2) is 8.78 Å². The van der Waals surface area contributed by atoms with Crippen molar-refractivity contribution in [1.82, 2.24) is 0 Å². The number of aryl methyl sites for hydroxylation is 1. The average Bonchev–Trinajstić information content (AvgIpc) is 2.95. The first-order valence-electron chi connectivity index (χ1n) is 7.95. The number of furan rings is 1. The van der Waals surface area contributed by atoms with Gasteiger partial charge in [-0.1, -0.05) is 0 Å². The summed E-state index contributed by atoms with van der Waals surface area (Å²) in [6.45, 7) is 2.87. The Morgan fingerprint density at radius 2 is 1.70 bits per heavy atom. The van der Waals surface area contributed by atoms with Gasteiger partial charge in [-0.05, 0) is 31.2 Å². The first-order valence-corrected chi connectivity index (χ1v) is 7.95. The highest BCUT2D eigenvalue weighted by atomic mass is 19.1. The van der Waals surface area contributed by atoms with Crippen LogP contribution in [-0.2, 0) is 4.79 Å². The van der Waals surface area contributed by atoms with Gasteiger partial charge in [0, 0.05) is 23.9 Å². The molecule has 0 aliphatic rings. The third-order valence-electron chi connectivity index (χ3n) is 3.97. The van der Waals surface area contributed by atoms with Gasteiger partial charge in [0.15, 0.2) is 5.76 Å². The molecule has 2 aromatic carbocycles. The molecule has 0 atom stereocenters. The van der Waals surface area contributed by atoms with E-state index < -0.39 is 23.4 Å². The highest BCUT2D eigenvalue weighted by molar-refractivity contribution is 6.07. The van der Waals surface area contributed by atoms with Gasteiger partial charge in [0.1, 0.15) is 23.0 Å². The molecule has 0 spiro atoms. The number of hydrogen-bond donors (Lipinski definition) is 2. The van der Waals surface area contributed by atoms with Gasteiger partial charge in [0.25, 0.3) is 5.91 Å². The summed E-state index contributed by atoms with van der Waals surface area (Å²) in [7, 11) is 1.52. The summed E-state index contributed by atoms with van der Waals surface area (Å²) >= 11 is 0. The summed E-state index contributed by atoms with van der Waals surface area (Å²) in [6, 6.07) is 6.65. The van der Waals surface area contributed by atoms with Crippen molar-refractivity contribution in [3.05, 3.63) is 53.3 Å². The molecule has 1 heterocycles. The predicted molar refractivity (Wildman–Crippen MR) is 96.1 cm³/mol. The van der Waals surface area contributed by atoms with Crippen LogP contribution < -0.4 is 15.4 Å². The Kier molecular flexibility index (Phi) is 4.81. The van der Waals surface area contributed by atoms with Gasteiger partial charge in [0.2, 0.25) is 5.91 Å². The van der Waals surface area contributed by atoms with Crippen molar-refractivity contribution >= 4 is 34.2 Å². The van der Waals surface area contributed by atoms with Crippen LogP contribution >= 0.6 is 0 Å². The van der Waals surface area contributed by atoms with Crippen LogP contribution in [0.1, 0.15) is 23.0 Å². The van der Waals surface area contributed by atoms with Crippen LogP contribution in [-0.4, -0.2) is 18.9 Å². The van der Waals surface area contributed by atoms with Crippen LogP contribution in [0, 0.1) is 18.6 Å². The second-order valence-electron chi connectivity index (χ2n) is 5.87. The first-order chi connectivity index (χ1) is 12.8. The van der Waals surface area contributed by atoms with Gasteiger partial charge in [-0.15, -0.1) is 0 Å². The molecule has 2 amide bonds. The Morgan fingerprint density at radius 3 is 2.33 bits per heavy atom. The molecule has 0 unspecified atom stereocenters. The van der Waals surface area contributed by atoms with Crippen LogP contribution in [0.4, 0.5) is 20.2 Å². The zero-order chi connectivity index (χ0) is 19.7. The van der Waals surface area contributed by atoms with E-state index in [1.54, 1.807) is 25.1 Å². The standard InChI is InChI=1S/C19H16F2N2O4/c1-9-12-6-11(26-3)4-5-17(12)27-18(9)19(25)23-16-8-15(22-10(2)24)13(20)7-14(16)21/h4-8H,1-3H3,(H,22,24)(H,23,25). The van der Waals surface area contributed by atoms with E-state index in [4.69, 9.17) is 9.15 Å². The van der Waals surface area contributed by atoms with Crippen molar-refractivity contribution in [2.24, 2.45) is 0 Å². The fraction of sp³-hybridized carbons (Fsp3) is 0.158. The minimum atomic E-state index is -0.981. The molecule has 0 radical (unpaired) electrons. The Bertz CT molecular complexity index is 1060. The van der Waals surface area contributed by atoms with E-state index in [9.17, 15) is 18.4 Å². The van der Waals surface area contributed by atoms with Crippen LogP contribution in [0.3, 0.4) is 0 Å². The molecule has 3 aromatic rings. The maximum atomic E-state index is 14.0. The molecule has 0 aliphatic carbocycles. The molecule has 3 rings (SSSR count). The number of fused-ring (bicyclic) bond motifs is 1. The summed E-state index contributed by atoms with van der Waals surface area (Å²) in [6.07, 6.45) is 0. The van der Waals surface area contributed by atoms with E-state index in [0.717, 1.165) is 6.07 Å². The van der Waals surface area contributed by atoms with Crippen molar-refractivity contribution in [2.45, 2.75) is 13.8 Å². The van der Waals surface area contributed by atoms with Gasteiger partial charge in [0.05, 0.1) is 18.5 Å². The summed E-state index contributed by atoms with van der Waals surface area (Å²) in [5.41, 5.74) is 0.482. The normalized spacial score (nSPS) is 10.7. The number of anilines is 2. The molecule has 0 bridgehead atoms. The number of hydrogen-bond acceptors (Lipinski definition) is 4. The van der Waals surface area contributed by atoms with Crippen molar-refractivity contribution < 1.29 is 27.5 Å². The number of methoxy groups -OCH3 is 1. The molecule has 0 saturated heterocycles. The van der Waals surface area contributed by atoms with E-state index in [-0.39, 0.29) is 17.1 Å². The Labute approximate surface area is 153 Å². The van der Waals surface area contributed by atoms with E-state index in [1.165, 1.54) is 14.0 Å². The number of halogens is 2. The smallest absolute Gasteiger partial charge is 0.291 e. The minimum Gasteiger partial charge on any atom is -0.497 e. The summed E-state index contributed by atoms with van der Waals surface area (Å²) in [5, 5.41) is 5.25. The number of ether oxygens (including phenoxy) is 1. The van der Waals surface area contributed by atoms with E-state index >= 15 is 0 Å². The van der Waals surface area contributed by atoms with Crippen LogP contribution in [0.25, 0.3) is 11.0 Å². The molecular weight excluding hydrogens is 358 g/mol. The number of carbonyl (C=O) groups excluding carboxylic acids is 2. The molecule has 6 nitrogen and oxygen atoms in total. The number of rotatable bonds is 4. The van der Waals surface area contributed by atoms with Crippen LogP contribution in [0.2, 0.25) is 0 Å². The summed E-state index contributed by atoms with van der Waals surface area (Å²) < 4.78 is 38.5. The van der Waals surface area contributed by atoms with E-state index in [2.05, 4.69) is 10.6 Å². The fourth-order valence-corrected chi connectivity index (χ4v) is 2.65. The second kappa shape index (κ2) is 7.06. The maximum Gasteiger partial charge on any atom is 0.291 e. The lowest BCUT2D eigenvalue weighted by atomic mass is 10.1. The maximum absolute atomic E-state index is 14.0. The number of benzene rings is 2. The minimum absolute atomic E-state index is 0.0111. The summed E-state index contributed by atoms with van der Waals surface area (Å²) in [4.78, 5) is 23.7. The predicted octanol–water partition coefficient (Wildman–Crippen LogP) is 4.24. The second-order valence-corrected chi connectivity index (χ2v) is 5.87. The Morgan fingerprint density at radius 1 is 1.04 bits per heavy atom. The van der Waals surface area contributed by atoms with Gasteiger partial charge < -0.3 is 19.8 Å². The lowest BCUT2D eigenvalue weighted by Crippen LogP contribution is -2.15. The SMILES string of the molecule is COc1ccc2oc(C(=O)Nc3cc(NC(C)=O)c(F)cc3F)c(C)c2c1. The number of nitrogens with one attached hydrogen (secondary N) is 2. The molecular formula is C19H16F2N2O4. The molecule has 2 N–H and O–H groups in total. The highest BCUT2D eigenvalue weighted by Gasteiger charge is 2.20. The molecule has 27 heavy (non-hydrogen) atoms. The average molecular weight is 374 g/mol. The van der Waals surface area contributed by atoms with Gasteiger partial charge >= 0.3 is 0 Å². The lowest BCUT2D eigenvalue weighted by Gasteiger charge is -2.09. The van der Waals surface area contributed by atoms with E-state index in [0.29, 0.717) is 28.3 Å². The molecule has 0 saturated carbocycles. The van der Waals surface area contributed by atoms with Crippen molar-refractivity contribution in [1.29, 1.82) is 0 Å². The first kappa shape index (κ1) is 18.4. The monoisotopic (exact) mass is 374 g/mol. The molecule has 140 valence electrons.